The maximum absolute atomic E-state index is 2.24. The van der Waals surface area contributed by atoms with Gasteiger partial charge >= 0.3 is 0 Å². The molecule has 1 heterocycles. The summed E-state index contributed by atoms with van der Waals surface area (Å²) in [4.78, 5) is 0. The Morgan fingerprint density at radius 3 is 2.83 bits per heavy atom. The first-order chi connectivity index (χ1) is 5.36. The lowest BCUT2D eigenvalue weighted by molar-refractivity contribution is -0.493. The van der Waals surface area contributed by atoms with Crippen molar-refractivity contribution in [1.29, 1.82) is 0 Å². The molecule has 0 bridgehead atoms. The van der Waals surface area contributed by atoms with Gasteiger partial charge in [0, 0.05) is 12.0 Å². The molecule has 1 aromatic carbocycles. The van der Waals surface area contributed by atoms with Gasteiger partial charge in [-0.1, -0.05) is 26.6 Å². The van der Waals surface area contributed by atoms with E-state index in [1.54, 1.807) is 0 Å². The second-order valence-electron chi connectivity index (χ2n) is 3.06. The summed E-state index contributed by atoms with van der Waals surface area (Å²) < 4.78 is 2.24. The van der Waals surface area contributed by atoms with E-state index >= 15 is 0 Å². The molecule has 0 amide bonds. The van der Waals surface area contributed by atoms with E-state index in [0.717, 1.165) is 6.54 Å². The molecule has 1 aliphatic rings. The van der Waals surface area contributed by atoms with Crippen LogP contribution in [0, 0.1) is 0 Å². The second kappa shape index (κ2) is 3.57. The number of rotatable bonds is 0. The summed E-state index contributed by atoms with van der Waals surface area (Å²) in [5.74, 6) is 0. The highest BCUT2D eigenvalue weighted by Gasteiger charge is 2.10. The second-order valence-corrected chi connectivity index (χ2v) is 3.06. The molecule has 0 N–H and O–H groups in total. The average molecular weight is 161 g/mol. The van der Waals surface area contributed by atoms with Gasteiger partial charge in [-0.3, -0.25) is 0 Å². The molecule has 1 nitrogen and oxygen atoms in total. The first kappa shape index (κ1) is 9.05. The molecule has 1 aromatic rings. The van der Waals surface area contributed by atoms with Gasteiger partial charge in [-0.2, -0.15) is 0 Å². The van der Waals surface area contributed by atoms with E-state index < -0.39 is 0 Å². The smallest absolute Gasteiger partial charge is 0.170 e. The van der Waals surface area contributed by atoms with Gasteiger partial charge in [-0.15, -0.1) is 0 Å². The van der Waals surface area contributed by atoms with E-state index in [1.165, 1.54) is 17.5 Å². The minimum atomic E-state index is 0. The highest BCUT2D eigenvalue weighted by Crippen LogP contribution is 2.09. The number of hydrogen-bond donors (Lipinski definition) is 0. The zero-order valence-corrected chi connectivity index (χ0v) is 6.75. The molecule has 0 saturated carbocycles. The maximum Gasteiger partial charge on any atom is 0.170 e. The fourth-order valence-electron chi connectivity index (χ4n) is 1.49. The van der Waals surface area contributed by atoms with Gasteiger partial charge in [-0.05, 0) is 11.6 Å². The third-order valence-electron chi connectivity index (χ3n) is 2.15. The van der Waals surface area contributed by atoms with Crippen molar-refractivity contribution in [2.45, 2.75) is 6.42 Å². The third kappa shape index (κ3) is 1.58. The normalized spacial score (nSPS) is 14.2. The van der Waals surface area contributed by atoms with E-state index in [9.17, 15) is 0 Å². The third-order valence-corrected chi connectivity index (χ3v) is 2.15. The van der Waals surface area contributed by atoms with Crippen LogP contribution in [0.5, 0.6) is 0 Å². The predicted molar refractivity (Wildman–Crippen MR) is 57.7 cm³/mol. The summed E-state index contributed by atoms with van der Waals surface area (Å²) in [5.41, 5.74) is 2.85. The Morgan fingerprint density at radius 1 is 1.25 bits per heavy atom. The molecule has 0 aliphatic carbocycles. The Morgan fingerprint density at radius 2 is 2.00 bits per heavy atom. The standard InChI is InChI=1S/C10H12N.BH4/c1-11-7-6-9-4-2-3-5-10(9)8-11;/h2-5,8H,6-7H2,1H3;1H4/q+1;-1. The number of benzene rings is 1. The van der Waals surface area contributed by atoms with Crippen LogP contribution in [0.4, 0.5) is 0 Å². The molecule has 0 radical (unpaired) electrons. The lowest BCUT2D eigenvalue weighted by atomic mass is 10.0. The summed E-state index contributed by atoms with van der Waals surface area (Å²) in [5, 5.41) is 0. The van der Waals surface area contributed by atoms with Crippen molar-refractivity contribution in [3.05, 3.63) is 35.4 Å². The highest BCUT2D eigenvalue weighted by atomic mass is 15.0. The maximum atomic E-state index is 2.24. The number of hydrogen-bond acceptors (Lipinski definition) is 0. The van der Waals surface area contributed by atoms with Crippen LogP contribution in [0.2, 0.25) is 0 Å². The molecular formula is C10H16BN. The van der Waals surface area contributed by atoms with Crippen molar-refractivity contribution in [2.24, 2.45) is 0 Å². The predicted octanol–water partition coefficient (Wildman–Crippen LogP) is -0.148. The van der Waals surface area contributed by atoms with Crippen LogP contribution in [-0.4, -0.2) is 32.8 Å². The lowest BCUT2D eigenvalue weighted by Gasteiger charge is -2.08. The minimum Gasteiger partial charge on any atom is -0.238 e. The van der Waals surface area contributed by atoms with Crippen LogP contribution in [-0.2, 0) is 6.42 Å². The Hall–Kier alpha value is -1.05. The van der Waals surface area contributed by atoms with Crippen LogP contribution in [0.25, 0.3) is 0 Å². The van der Waals surface area contributed by atoms with Crippen molar-refractivity contribution >= 4 is 14.6 Å². The van der Waals surface area contributed by atoms with E-state index in [4.69, 9.17) is 0 Å². The summed E-state index contributed by atoms with van der Waals surface area (Å²) in [6.45, 7) is 1.15. The fourth-order valence-corrected chi connectivity index (χ4v) is 1.49. The van der Waals surface area contributed by atoms with E-state index in [0.29, 0.717) is 0 Å². The van der Waals surface area contributed by atoms with Crippen LogP contribution >= 0.6 is 0 Å². The average Bonchev–Trinajstić information content (AvgIpc) is 2.04. The van der Waals surface area contributed by atoms with Crippen LogP contribution in [0.15, 0.2) is 24.3 Å². The van der Waals surface area contributed by atoms with E-state index in [1.807, 2.05) is 0 Å². The van der Waals surface area contributed by atoms with Crippen LogP contribution in [0.1, 0.15) is 11.1 Å². The quantitative estimate of drug-likeness (QED) is 0.368. The molecule has 0 unspecified atom stereocenters. The largest absolute Gasteiger partial charge is 0.238 e. The van der Waals surface area contributed by atoms with Crippen molar-refractivity contribution in [3.63, 3.8) is 0 Å². The van der Waals surface area contributed by atoms with Gasteiger partial charge in [0.15, 0.2) is 6.21 Å². The number of nitrogens with zero attached hydrogens (tertiary/aromatic N) is 1. The first-order valence-electron chi connectivity index (χ1n) is 3.99. The molecule has 0 saturated heterocycles. The monoisotopic (exact) mass is 161 g/mol. The molecule has 2 rings (SSSR count). The minimum absolute atomic E-state index is 0. The van der Waals surface area contributed by atoms with Crippen LogP contribution in [0.3, 0.4) is 0 Å². The Labute approximate surface area is 75.3 Å². The van der Waals surface area contributed by atoms with Gasteiger partial charge in [0.05, 0.1) is 0 Å². The molecule has 0 fully saturated rings. The molecule has 0 spiro atoms. The lowest BCUT2D eigenvalue weighted by Crippen LogP contribution is -2.18. The van der Waals surface area contributed by atoms with E-state index in [-0.39, 0.29) is 8.41 Å². The van der Waals surface area contributed by atoms with Gasteiger partial charge in [0.25, 0.3) is 0 Å². The summed E-state index contributed by atoms with van der Waals surface area (Å²) in [6.07, 6.45) is 3.39. The molecule has 2 heteroatoms. The topological polar surface area (TPSA) is 3.01 Å². The zero-order valence-electron chi connectivity index (χ0n) is 6.75. The zero-order chi connectivity index (χ0) is 7.68. The molecular weight excluding hydrogens is 145 g/mol. The van der Waals surface area contributed by atoms with Crippen molar-refractivity contribution in [3.8, 4) is 0 Å². The molecule has 0 aromatic heterocycles. The molecule has 1 aliphatic heterocycles. The number of likely N-dealkylation sites (N-methyl/N-ethyl adjacent to an activating group) is 1. The SMILES string of the molecule is C[N+]1=Cc2ccccc2CC1.[BH4-]. The summed E-state index contributed by atoms with van der Waals surface area (Å²) in [7, 11) is 2.12. The van der Waals surface area contributed by atoms with Gasteiger partial charge in [-0.25, -0.2) is 4.58 Å². The van der Waals surface area contributed by atoms with Crippen molar-refractivity contribution in [2.75, 3.05) is 13.6 Å². The first-order valence-corrected chi connectivity index (χ1v) is 3.99. The highest BCUT2D eigenvalue weighted by molar-refractivity contribution is 5.78. The van der Waals surface area contributed by atoms with Gasteiger partial charge in [0.2, 0.25) is 0 Å². The Kier molecular flexibility index (Phi) is 2.69. The summed E-state index contributed by atoms with van der Waals surface area (Å²) in [6, 6.07) is 8.58. The Bertz CT molecular complexity index is 304. The number of fused-ring (bicyclic) bond motifs is 1. The van der Waals surface area contributed by atoms with Gasteiger partial charge in [0.1, 0.15) is 13.6 Å². The van der Waals surface area contributed by atoms with Crippen molar-refractivity contribution < 1.29 is 4.58 Å². The molecule has 64 valence electrons. The van der Waals surface area contributed by atoms with Crippen LogP contribution < -0.4 is 0 Å². The Balaban J connectivity index is 0.000000720. The van der Waals surface area contributed by atoms with Crippen molar-refractivity contribution in [1.82, 2.24) is 0 Å². The van der Waals surface area contributed by atoms with Gasteiger partial charge < -0.3 is 0 Å². The summed E-state index contributed by atoms with van der Waals surface area (Å²) >= 11 is 0. The fraction of sp³-hybridized carbons (Fsp3) is 0.300. The molecule has 12 heavy (non-hydrogen) atoms. The van der Waals surface area contributed by atoms with E-state index in [2.05, 4.69) is 42.1 Å². The molecule has 0 atom stereocenters.